The maximum Gasteiger partial charge on any atom is 0.306 e. The summed E-state index contributed by atoms with van der Waals surface area (Å²) >= 11 is 0. The van der Waals surface area contributed by atoms with Crippen LogP contribution in [0.4, 0.5) is 0 Å². The Kier molecular flexibility index (Phi) is 12.2. The zero-order valence-electron chi connectivity index (χ0n) is 27.7. The second-order valence-electron chi connectivity index (χ2n) is 12.1. The molecule has 0 saturated heterocycles. The third-order valence-corrected chi connectivity index (χ3v) is 7.43. The fraction of sp³-hybridized carbons (Fsp3) is 0.417. The second-order valence-corrected chi connectivity index (χ2v) is 12.1. The number of nitrogens with one attached hydrogen (secondary N) is 2. The SMILES string of the molecule is COc1cccc(CCNNC(=O)[C@@]2(CCC(=O)OC(C)(C)C)N=C(c3ccc(OCCCO)cc3)O[C@H]2c2cccc(OC)c2)c1. The number of esters is 1. The van der Waals surface area contributed by atoms with Crippen LogP contribution in [-0.4, -0.2) is 68.0 Å². The topological polar surface area (TPSA) is 137 Å². The number of rotatable bonds is 16. The molecule has 0 aliphatic carbocycles. The van der Waals surface area contributed by atoms with Crippen molar-refractivity contribution in [2.45, 2.75) is 63.7 Å². The number of ether oxygens (including phenoxy) is 5. The second kappa shape index (κ2) is 16.3. The fourth-order valence-electron chi connectivity index (χ4n) is 5.15. The number of aliphatic imine (C=N–C) groups is 1. The molecule has 1 aliphatic rings. The smallest absolute Gasteiger partial charge is 0.306 e. The lowest BCUT2D eigenvalue weighted by Crippen LogP contribution is -2.53. The molecule has 0 saturated carbocycles. The largest absolute Gasteiger partial charge is 0.497 e. The Hall–Kier alpha value is -4.61. The van der Waals surface area contributed by atoms with Crippen molar-refractivity contribution < 1.29 is 38.4 Å². The zero-order chi connectivity index (χ0) is 33.9. The summed E-state index contributed by atoms with van der Waals surface area (Å²) in [5.74, 6) is 1.30. The minimum atomic E-state index is -1.54. The summed E-state index contributed by atoms with van der Waals surface area (Å²) in [7, 11) is 3.18. The quantitative estimate of drug-likeness (QED) is 0.115. The van der Waals surface area contributed by atoms with Crippen LogP contribution >= 0.6 is 0 Å². The van der Waals surface area contributed by atoms with Crippen molar-refractivity contribution >= 4 is 17.8 Å². The highest BCUT2D eigenvalue weighted by molar-refractivity contribution is 6.01. The van der Waals surface area contributed by atoms with E-state index in [4.69, 9.17) is 33.8 Å². The molecule has 1 aliphatic heterocycles. The van der Waals surface area contributed by atoms with Crippen molar-refractivity contribution in [3.8, 4) is 17.2 Å². The Morgan fingerprint density at radius 1 is 0.957 bits per heavy atom. The Bertz CT molecular complexity index is 1520. The van der Waals surface area contributed by atoms with E-state index in [1.165, 1.54) is 0 Å². The molecule has 0 unspecified atom stereocenters. The minimum Gasteiger partial charge on any atom is -0.497 e. The van der Waals surface area contributed by atoms with E-state index >= 15 is 0 Å². The fourth-order valence-corrected chi connectivity index (χ4v) is 5.15. The van der Waals surface area contributed by atoms with Gasteiger partial charge in [-0.15, -0.1) is 0 Å². The number of aliphatic hydroxyl groups excluding tert-OH is 1. The summed E-state index contributed by atoms with van der Waals surface area (Å²) < 4.78 is 28.6. The van der Waals surface area contributed by atoms with E-state index in [2.05, 4.69) is 10.9 Å². The number of hydrogen-bond acceptors (Lipinski definition) is 10. The van der Waals surface area contributed by atoms with Crippen molar-refractivity contribution in [3.63, 3.8) is 0 Å². The first-order chi connectivity index (χ1) is 22.6. The standard InChI is InChI=1S/C36H45N3O8/c1-35(2,3)47-31(41)17-19-36(34(42)39-37-20-18-25-9-6-11-29(23-25)43-4)32(27-10-7-12-30(24-27)44-5)46-33(38-36)26-13-15-28(16-14-26)45-22-8-21-40/h6-7,9-16,23-24,32,37,40H,8,17-22H2,1-5H3,(H,39,42)/t32-,36-/m0/s1. The van der Waals surface area contributed by atoms with Crippen LogP contribution in [0.5, 0.6) is 17.2 Å². The van der Waals surface area contributed by atoms with Gasteiger partial charge in [-0.05, 0) is 93.3 Å². The molecule has 252 valence electrons. The molecule has 47 heavy (non-hydrogen) atoms. The van der Waals surface area contributed by atoms with Gasteiger partial charge in [0.25, 0.3) is 5.91 Å². The lowest BCUT2D eigenvalue weighted by molar-refractivity contribution is -0.155. The molecule has 11 nitrogen and oxygen atoms in total. The van der Waals surface area contributed by atoms with Gasteiger partial charge in [0, 0.05) is 31.6 Å². The van der Waals surface area contributed by atoms with Crippen LogP contribution in [-0.2, 0) is 25.5 Å². The number of nitrogens with zero attached hydrogens (tertiary/aromatic N) is 1. The van der Waals surface area contributed by atoms with Gasteiger partial charge in [-0.2, -0.15) is 0 Å². The summed E-state index contributed by atoms with van der Waals surface area (Å²) in [5, 5.41) is 9.06. The Balaban J connectivity index is 1.65. The predicted octanol–water partition coefficient (Wildman–Crippen LogP) is 4.71. The van der Waals surface area contributed by atoms with Crippen molar-refractivity contribution in [1.29, 1.82) is 0 Å². The van der Waals surface area contributed by atoms with E-state index in [1.54, 1.807) is 71.4 Å². The van der Waals surface area contributed by atoms with E-state index in [1.807, 2.05) is 36.4 Å². The molecule has 0 spiro atoms. The Morgan fingerprint density at radius 2 is 1.66 bits per heavy atom. The molecule has 3 aromatic carbocycles. The van der Waals surface area contributed by atoms with Gasteiger partial charge in [-0.1, -0.05) is 24.3 Å². The van der Waals surface area contributed by atoms with Gasteiger partial charge in [-0.25, -0.2) is 10.4 Å². The van der Waals surface area contributed by atoms with Gasteiger partial charge in [0.1, 0.15) is 22.8 Å². The number of benzene rings is 3. The average molecular weight is 648 g/mol. The maximum atomic E-state index is 14.3. The maximum absolute atomic E-state index is 14.3. The average Bonchev–Trinajstić information content (AvgIpc) is 3.46. The molecule has 0 radical (unpaired) electrons. The van der Waals surface area contributed by atoms with Gasteiger partial charge in [-0.3, -0.25) is 15.0 Å². The van der Waals surface area contributed by atoms with Crippen LogP contribution in [0, 0.1) is 0 Å². The summed E-state index contributed by atoms with van der Waals surface area (Å²) in [6.07, 6.45) is 0.184. The van der Waals surface area contributed by atoms with Crippen LogP contribution in [0.2, 0.25) is 0 Å². The summed E-state index contributed by atoms with van der Waals surface area (Å²) in [6, 6.07) is 22.1. The molecule has 4 rings (SSSR count). The normalized spacial score (nSPS) is 17.3. The number of carbonyl (C=O) groups is 2. The molecular weight excluding hydrogens is 602 g/mol. The highest BCUT2D eigenvalue weighted by atomic mass is 16.6. The van der Waals surface area contributed by atoms with Crippen LogP contribution < -0.4 is 25.1 Å². The molecule has 1 amide bonds. The third kappa shape index (κ3) is 9.69. The van der Waals surface area contributed by atoms with Gasteiger partial charge in [0.15, 0.2) is 11.6 Å². The number of carbonyl (C=O) groups excluding carboxylic acids is 2. The first-order valence-electron chi connectivity index (χ1n) is 15.7. The van der Waals surface area contributed by atoms with Crippen LogP contribution in [0.25, 0.3) is 0 Å². The first kappa shape index (κ1) is 35.2. The van der Waals surface area contributed by atoms with Crippen molar-refractivity contribution in [2.24, 2.45) is 4.99 Å². The number of aliphatic hydroxyl groups is 1. The van der Waals surface area contributed by atoms with E-state index < -0.39 is 29.1 Å². The molecule has 0 bridgehead atoms. The Labute approximate surface area is 276 Å². The Morgan fingerprint density at radius 3 is 2.34 bits per heavy atom. The van der Waals surface area contributed by atoms with Gasteiger partial charge in [0.05, 0.1) is 20.8 Å². The van der Waals surface area contributed by atoms with Crippen LogP contribution in [0.1, 0.15) is 62.8 Å². The van der Waals surface area contributed by atoms with E-state index in [-0.39, 0.29) is 25.3 Å². The van der Waals surface area contributed by atoms with Gasteiger partial charge >= 0.3 is 5.97 Å². The molecule has 0 aromatic heterocycles. The number of amides is 1. The van der Waals surface area contributed by atoms with E-state index in [0.717, 1.165) is 11.3 Å². The summed E-state index contributed by atoms with van der Waals surface area (Å²) in [4.78, 5) is 32.2. The molecule has 3 N–H and O–H groups in total. The number of methoxy groups -OCH3 is 2. The molecule has 0 fully saturated rings. The minimum absolute atomic E-state index is 0.0129. The van der Waals surface area contributed by atoms with Gasteiger partial charge < -0.3 is 28.8 Å². The highest BCUT2D eigenvalue weighted by Gasteiger charge is 2.53. The lowest BCUT2D eigenvalue weighted by Gasteiger charge is -2.31. The third-order valence-electron chi connectivity index (χ3n) is 7.43. The van der Waals surface area contributed by atoms with Crippen molar-refractivity contribution in [2.75, 3.05) is 34.0 Å². The predicted molar refractivity (Wildman–Crippen MR) is 178 cm³/mol. The molecule has 1 heterocycles. The summed E-state index contributed by atoms with van der Waals surface area (Å²) in [6.45, 7) is 6.24. The van der Waals surface area contributed by atoms with Crippen molar-refractivity contribution in [3.05, 3.63) is 89.5 Å². The molecule has 2 atom stereocenters. The van der Waals surface area contributed by atoms with E-state index in [9.17, 15) is 9.59 Å². The molecule has 11 heteroatoms. The van der Waals surface area contributed by atoms with Crippen LogP contribution in [0.15, 0.2) is 77.8 Å². The summed E-state index contributed by atoms with van der Waals surface area (Å²) in [5.41, 5.74) is 5.97. The lowest BCUT2D eigenvalue weighted by atomic mass is 9.83. The number of hydrogen-bond donors (Lipinski definition) is 3. The van der Waals surface area contributed by atoms with Gasteiger partial charge in [0.2, 0.25) is 5.90 Å². The highest BCUT2D eigenvalue weighted by Crippen LogP contribution is 2.44. The van der Waals surface area contributed by atoms with Crippen LogP contribution in [0.3, 0.4) is 0 Å². The first-order valence-corrected chi connectivity index (χ1v) is 15.7. The number of hydrazine groups is 1. The molecular formula is C36H45N3O8. The van der Waals surface area contributed by atoms with E-state index in [0.29, 0.717) is 48.6 Å². The molecule has 3 aromatic rings. The zero-order valence-corrected chi connectivity index (χ0v) is 27.7. The monoisotopic (exact) mass is 647 g/mol. The van der Waals surface area contributed by atoms with Crippen molar-refractivity contribution in [1.82, 2.24) is 10.9 Å².